The lowest BCUT2D eigenvalue weighted by Crippen LogP contribution is -2.39. The van der Waals surface area contributed by atoms with Crippen molar-refractivity contribution in [3.05, 3.63) is 0 Å². The first-order chi connectivity index (χ1) is 6.40. The Hall–Kier alpha value is -0.370. The van der Waals surface area contributed by atoms with Crippen molar-refractivity contribution < 1.29 is 4.79 Å². The number of fused-ring (bicyclic) bond motifs is 1. The second-order valence-electron chi connectivity index (χ2n) is 4.53. The van der Waals surface area contributed by atoms with Crippen LogP contribution in [0.2, 0.25) is 0 Å². The molecule has 3 atom stereocenters. The standard InChI is InChI=1S/C11H19NO/c13-8-9-4-5-11-10(7-9)3-1-2-6-12-11/h8-12H,1-7H2/t9-,10-,11+/m0/s1. The SMILES string of the molecule is O=C[C@H]1CC[C@H]2NCCCC[C@H]2C1. The molecule has 2 fully saturated rings. The third kappa shape index (κ3) is 2.11. The second kappa shape index (κ2) is 4.23. The Labute approximate surface area is 80.1 Å². The molecular formula is C11H19NO. The molecule has 0 aromatic heterocycles. The molecule has 0 radical (unpaired) electrons. The van der Waals surface area contributed by atoms with Gasteiger partial charge in [-0.15, -0.1) is 0 Å². The van der Waals surface area contributed by atoms with Gasteiger partial charge >= 0.3 is 0 Å². The zero-order valence-corrected chi connectivity index (χ0v) is 8.17. The highest BCUT2D eigenvalue weighted by atomic mass is 16.1. The Morgan fingerprint density at radius 3 is 2.92 bits per heavy atom. The number of rotatable bonds is 1. The highest BCUT2D eigenvalue weighted by Gasteiger charge is 2.30. The highest BCUT2D eigenvalue weighted by Crippen LogP contribution is 2.32. The summed E-state index contributed by atoms with van der Waals surface area (Å²) < 4.78 is 0. The highest BCUT2D eigenvalue weighted by molar-refractivity contribution is 5.53. The molecule has 2 heteroatoms. The van der Waals surface area contributed by atoms with E-state index >= 15 is 0 Å². The summed E-state index contributed by atoms with van der Waals surface area (Å²) in [5.41, 5.74) is 0. The van der Waals surface area contributed by atoms with E-state index < -0.39 is 0 Å². The van der Waals surface area contributed by atoms with Gasteiger partial charge in [0.05, 0.1) is 0 Å². The minimum atomic E-state index is 0.362. The topological polar surface area (TPSA) is 29.1 Å². The molecule has 0 amide bonds. The zero-order valence-electron chi connectivity index (χ0n) is 8.17. The van der Waals surface area contributed by atoms with Crippen molar-refractivity contribution >= 4 is 6.29 Å². The fourth-order valence-corrected chi connectivity index (χ4v) is 2.83. The lowest BCUT2D eigenvalue weighted by Gasteiger charge is -2.33. The van der Waals surface area contributed by atoms with Gasteiger partial charge in [0.25, 0.3) is 0 Å². The molecule has 1 aliphatic carbocycles. The molecular weight excluding hydrogens is 162 g/mol. The molecule has 1 aliphatic heterocycles. The van der Waals surface area contributed by atoms with Crippen molar-refractivity contribution in [1.29, 1.82) is 0 Å². The van der Waals surface area contributed by atoms with Crippen LogP contribution in [0, 0.1) is 11.8 Å². The first-order valence-corrected chi connectivity index (χ1v) is 5.59. The van der Waals surface area contributed by atoms with Gasteiger partial charge in [0.15, 0.2) is 0 Å². The lowest BCUT2D eigenvalue weighted by atomic mass is 9.77. The van der Waals surface area contributed by atoms with Gasteiger partial charge < -0.3 is 10.1 Å². The number of hydrogen-bond donors (Lipinski definition) is 1. The predicted octanol–water partition coefficient (Wildman–Crippen LogP) is 1.74. The van der Waals surface area contributed by atoms with Gasteiger partial charge in [-0.25, -0.2) is 0 Å². The molecule has 0 spiro atoms. The van der Waals surface area contributed by atoms with Crippen molar-refractivity contribution in [1.82, 2.24) is 5.32 Å². The van der Waals surface area contributed by atoms with E-state index in [4.69, 9.17) is 0 Å². The first kappa shape index (κ1) is 9.20. The molecule has 13 heavy (non-hydrogen) atoms. The number of aldehydes is 1. The zero-order chi connectivity index (χ0) is 9.10. The summed E-state index contributed by atoms with van der Waals surface area (Å²) >= 11 is 0. The van der Waals surface area contributed by atoms with E-state index in [2.05, 4.69) is 5.32 Å². The van der Waals surface area contributed by atoms with E-state index in [1.165, 1.54) is 38.5 Å². The van der Waals surface area contributed by atoms with E-state index in [1.807, 2.05) is 0 Å². The number of hydrogen-bond acceptors (Lipinski definition) is 2. The Kier molecular flexibility index (Phi) is 2.99. The van der Waals surface area contributed by atoms with Gasteiger partial charge in [0.1, 0.15) is 6.29 Å². The van der Waals surface area contributed by atoms with Crippen LogP contribution in [0.1, 0.15) is 38.5 Å². The maximum atomic E-state index is 10.7. The molecule has 1 saturated heterocycles. The van der Waals surface area contributed by atoms with Crippen LogP contribution < -0.4 is 5.32 Å². The number of carbonyl (C=O) groups is 1. The molecule has 1 heterocycles. The van der Waals surface area contributed by atoms with Crippen molar-refractivity contribution in [2.75, 3.05) is 6.54 Å². The monoisotopic (exact) mass is 181 g/mol. The Morgan fingerprint density at radius 1 is 1.15 bits per heavy atom. The molecule has 74 valence electrons. The van der Waals surface area contributed by atoms with Gasteiger partial charge in [0.2, 0.25) is 0 Å². The second-order valence-corrected chi connectivity index (χ2v) is 4.53. The van der Waals surface area contributed by atoms with E-state index in [0.717, 1.165) is 24.8 Å². The van der Waals surface area contributed by atoms with Gasteiger partial charge in [-0.2, -0.15) is 0 Å². The van der Waals surface area contributed by atoms with Crippen LogP contribution in [0.3, 0.4) is 0 Å². The van der Waals surface area contributed by atoms with Gasteiger partial charge in [0, 0.05) is 12.0 Å². The smallest absolute Gasteiger partial charge is 0.123 e. The van der Waals surface area contributed by atoms with Crippen LogP contribution in [0.4, 0.5) is 0 Å². The molecule has 0 unspecified atom stereocenters. The largest absolute Gasteiger partial charge is 0.314 e. The van der Waals surface area contributed by atoms with Crippen molar-refractivity contribution in [2.45, 2.75) is 44.6 Å². The van der Waals surface area contributed by atoms with Gasteiger partial charge in [-0.3, -0.25) is 0 Å². The van der Waals surface area contributed by atoms with Crippen LogP contribution in [0.5, 0.6) is 0 Å². The fourth-order valence-electron chi connectivity index (χ4n) is 2.83. The maximum absolute atomic E-state index is 10.7. The summed E-state index contributed by atoms with van der Waals surface area (Å²) in [4.78, 5) is 10.7. The van der Waals surface area contributed by atoms with Crippen LogP contribution in [0.15, 0.2) is 0 Å². The predicted molar refractivity (Wildman–Crippen MR) is 52.5 cm³/mol. The summed E-state index contributed by atoms with van der Waals surface area (Å²) in [6, 6.07) is 0.721. The molecule has 0 bridgehead atoms. The molecule has 0 aromatic carbocycles. The summed E-state index contributed by atoms with van der Waals surface area (Å²) in [5.74, 6) is 1.15. The minimum Gasteiger partial charge on any atom is -0.314 e. The quantitative estimate of drug-likeness (QED) is 0.624. The molecule has 2 aliphatic rings. The lowest BCUT2D eigenvalue weighted by molar-refractivity contribution is -0.112. The van der Waals surface area contributed by atoms with Crippen LogP contribution in [0.25, 0.3) is 0 Å². The van der Waals surface area contributed by atoms with E-state index in [-0.39, 0.29) is 0 Å². The molecule has 1 saturated carbocycles. The third-order valence-electron chi connectivity index (χ3n) is 3.62. The van der Waals surface area contributed by atoms with Crippen molar-refractivity contribution in [2.24, 2.45) is 11.8 Å². The Bertz CT molecular complexity index is 181. The molecule has 0 aromatic rings. The average Bonchev–Trinajstić information content (AvgIpc) is 2.41. The summed E-state index contributed by atoms with van der Waals surface area (Å²) in [6.07, 6.45) is 8.63. The normalized spacial score (nSPS) is 40.5. The Morgan fingerprint density at radius 2 is 2.08 bits per heavy atom. The average molecular weight is 181 g/mol. The van der Waals surface area contributed by atoms with E-state index in [0.29, 0.717) is 5.92 Å². The van der Waals surface area contributed by atoms with Crippen molar-refractivity contribution in [3.63, 3.8) is 0 Å². The Balaban J connectivity index is 1.95. The minimum absolute atomic E-state index is 0.362. The number of carbonyl (C=O) groups excluding carboxylic acids is 1. The first-order valence-electron chi connectivity index (χ1n) is 5.59. The van der Waals surface area contributed by atoms with Gasteiger partial charge in [-0.05, 0) is 44.6 Å². The van der Waals surface area contributed by atoms with Gasteiger partial charge in [-0.1, -0.05) is 6.42 Å². The third-order valence-corrected chi connectivity index (χ3v) is 3.62. The number of nitrogens with one attached hydrogen (secondary N) is 1. The van der Waals surface area contributed by atoms with Crippen molar-refractivity contribution in [3.8, 4) is 0 Å². The van der Waals surface area contributed by atoms with Crippen LogP contribution in [-0.4, -0.2) is 18.9 Å². The van der Waals surface area contributed by atoms with E-state index in [1.54, 1.807) is 0 Å². The molecule has 2 nitrogen and oxygen atoms in total. The van der Waals surface area contributed by atoms with Crippen LogP contribution in [-0.2, 0) is 4.79 Å². The summed E-state index contributed by atoms with van der Waals surface area (Å²) in [6.45, 7) is 1.19. The fraction of sp³-hybridized carbons (Fsp3) is 0.909. The summed E-state index contributed by atoms with van der Waals surface area (Å²) in [5, 5.41) is 3.61. The molecule has 2 rings (SSSR count). The van der Waals surface area contributed by atoms with E-state index in [9.17, 15) is 4.79 Å². The van der Waals surface area contributed by atoms with Crippen LogP contribution >= 0.6 is 0 Å². The summed E-state index contributed by atoms with van der Waals surface area (Å²) in [7, 11) is 0. The molecule has 1 N–H and O–H groups in total. The maximum Gasteiger partial charge on any atom is 0.123 e.